The van der Waals surface area contributed by atoms with E-state index in [-0.39, 0.29) is 16.7 Å². The first kappa shape index (κ1) is 21.1. The Bertz CT molecular complexity index is 832. The number of fused-ring (bicyclic) bond motifs is 3. The van der Waals surface area contributed by atoms with Crippen LogP contribution >= 0.6 is 11.6 Å². The van der Waals surface area contributed by atoms with Crippen molar-refractivity contribution in [3.05, 3.63) is 58.1 Å². The first-order chi connectivity index (χ1) is 13.1. The van der Waals surface area contributed by atoms with Gasteiger partial charge >= 0.3 is 0 Å². The molecule has 3 rings (SSSR count). The molecule has 5 heteroatoms. The van der Waals surface area contributed by atoms with Crippen LogP contribution in [0.2, 0.25) is 0 Å². The molecule has 0 amide bonds. The van der Waals surface area contributed by atoms with Crippen molar-refractivity contribution in [3.8, 4) is 0 Å². The number of Topliss-reactive ketones (excluding diaryl/α,β-unsaturated/α-hetero) is 1. The van der Waals surface area contributed by atoms with Crippen LogP contribution in [0.4, 0.5) is 0 Å². The second-order valence-electron chi connectivity index (χ2n) is 8.23. The lowest BCUT2D eigenvalue weighted by Gasteiger charge is -2.36. The topological polar surface area (TPSA) is 44.8 Å². The van der Waals surface area contributed by atoms with Crippen LogP contribution in [0.1, 0.15) is 47.5 Å². The maximum absolute atomic E-state index is 13.0. The van der Waals surface area contributed by atoms with E-state index >= 15 is 0 Å². The molecule has 1 fully saturated rings. The normalized spacial score (nSPS) is 34.0. The molecule has 0 radical (unpaired) electrons. The van der Waals surface area contributed by atoms with Gasteiger partial charge < -0.3 is 14.2 Å². The zero-order chi connectivity index (χ0) is 20.7. The zero-order valence-electron chi connectivity index (χ0n) is 17.5. The summed E-state index contributed by atoms with van der Waals surface area (Å²) in [6, 6.07) is 0. The number of carbonyl (C=O) groups is 1. The molecule has 0 saturated carbocycles. The predicted octanol–water partition coefficient (Wildman–Crippen LogP) is 5.57. The maximum atomic E-state index is 13.0. The third-order valence-corrected chi connectivity index (χ3v) is 6.36. The molecular formula is C23H29ClO4. The molecule has 152 valence electrons. The third kappa shape index (κ3) is 3.66. The Morgan fingerprint density at radius 2 is 2.18 bits per heavy atom. The average molecular weight is 405 g/mol. The molecule has 0 spiro atoms. The molecule has 0 bridgehead atoms. The highest BCUT2D eigenvalue weighted by atomic mass is 35.5. The van der Waals surface area contributed by atoms with Gasteiger partial charge in [-0.2, -0.15) is 0 Å². The van der Waals surface area contributed by atoms with Crippen LogP contribution in [-0.2, 0) is 19.0 Å². The number of rotatable bonds is 5. The van der Waals surface area contributed by atoms with Crippen molar-refractivity contribution in [2.75, 3.05) is 7.11 Å². The Kier molecular flexibility index (Phi) is 5.77. The molecule has 0 aromatic heterocycles. The molecule has 1 saturated heterocycles. The summed E-state index contributed by atoms with van der Waals surface area (Å²) >= 11 is 6.48. The van der Waals surface area contributed by atoms with Gasteiger partial charge in [-0.15, -0.1) is 0 Å². The van der Waals surface area contributed by atoms with Crippen LogP contribution in [-0.4, -0.2) is 24.3 Å². The van der Waals surface area contributed by atoms with Crippen LogP contribution in [0.3, 0.4) is 0 Å². The highest BCUT2D eigenvalue weighted by Crippen LogP contribution is 2.54. The quantitative estimate of drug-likeness (QED) is 0.562. The van der Waals surface area contributed by atoms with Gasteiger partial charge in [0.15, 0.2) is 5.79 Å². The van der Waals surface area contributed by atoms with E-state index in [2.05, 4.69) is 26.8 Å². The summed E-state index contributed by atoms with van der Waals surface area (Å²) in [6.45, 7) is 10.1. The minimum Gasteiger partial charge on any atom is -0.465 e. The van der Waals surface area contributed by atoms with Gasteiger partial charge in [0.05, 0.1) is 11.3 Å². The van der Waals surface area contributed by atoms with Crippen molar-refractivity contribution in [1.29, 1.82) is 0 Å². The number of ether oxygens (including phenoxy) is 3. The van der Waals surface area contributed by atoms with E-state index in [4.69, 9.17) is 25.8 Å². The van der Waals surface area contributed by atoms with Gasteiger partial charge in [-0.1, -0.05) is 49.6 Å². The molecule has 3 aliphatic rings. The molecule has 0 unspecified atom stereocenters. The standard InChI is InChI=1S/C23H29ClO4/c1-7-14(2)10-15(3)8-9-16-11-17-18(13-27-16)19-12-22(4,26-6)28-23(19,5)21(25)20(17)24/h8-11,13-14,19H,7,12H2,1-6H3/b9-8-,15-10+/t14-,19+,22-,23+/m0/s1. The van der Waals surface area contributed by atoms with Gasteiger partial charge in [0.2, 0.25) is 5.78 Å². The number of ketones is 1. The Morgan fingerprint density at radius 1 is 1.46 bits per heavy atom. The Balaban J connectivity index is 1.90. The molecule has 0 aromatic carbocycles. The summed E-state index contributed by atoms with van der Waals surface area (Å²) in [5.41, 5.74) is 1.72. The highest BCUT2D eigenvalue weighted by Gasteiger charge is 2.60. The number of methoxy groups -OCH3 is 1. The second kappa shape index (κ2) is 7.66. The summed E-state index contributed by atoms with van der Waals surface area (Å²) in [6.07, 6.45) is 11.3. The zero-order valence-corrected chi connectivity index (χ0v) is 18.2. The lowest BCUT2D eigenvalue weighted by Crippen LogP contribution is -2.46. The molecule has 2 heterocycles. The summed E-state index contributed by atoms with van der Waals surface area (Å²) < 4.78 is 17.4. The fourth-order valence-corrected chi connectivity index (χ4v) is 4.39. The monoisotopic (exact) mass is 404 g/mol. The number of allylic oxidation sites excluding steroid dienone is 6. The summed E-state index contributed by atoms with van der Waals surface area (Å²) in [5.74, 6) is -0.0263. The van der Waals surface area contributed by atoms with Crippen molar-refractivity contribution >= 4 is 17.4 Å². The Morgan fingerprint density at radius 3 is 2.82 bits per heavy atom. The van der Waals surface area contributed by atoms with E-state index in [0.717, 1.165) is 12.0 Å². The first-order valence-corrected chi connectivity index (χ1v) is 10.2. The van der Waals surface area contributed by atoms with Crippen LogP contribution in [0, 0.1) is 11.8 Å². The van der Waals surface area contributed by atoms with E-state index in [1.54, 1.807) is 20.3 Å². The highest BCUT2D eigenvalue weighted by molar-refractivity contribution is 6.45. The minimum absolute atomic E-state index is 0.170. The van der Waals surface area contributed by atoms with Gasteiger partial charge in [0.25, 0.3) is 0 Å². The summed E-state index contributed by atoms with van der Waals surface area (Å²) in [5, 5.41) is 0.187. The number of hydrogen-bond acceptors (Lipinski definition) is 4. The third-order valence-electron chi connectivity index (χ3n) is 5.98. The fraction of sp³-hybridized carbons (Fsp3) is 0.522. The number of halogens is 1. The van der Waals surface area contributed by atoms with Crippen molar-refractivity contribution in [2.24, 2.45) is 11.8 Å². The minimum atomic E-state index is -1.04. The molecule has 0 N–H and O–H groups in total. The van der Waals surface area contributed by atoms with Crippen LogP contribution < -0.4 is 0 Å². The average Bonchev–Trinajstić information content (AvgIpc) is 2.97. The fourth-order valence-electron chi connectivity index (χ4n) is 4.04. The van der Waals surface area contributed by atoms with Gasteiger partial charge in [-0.3, -0.25) is 4.79 Å². The Labute approximate surface area is 172 Å². The molecule has 2 aliphatic heterocycles. The molecule has 4 nitrogen and oxygen atoms in total. The van der Waals surface area contributed by atoms with Crippen molar-refractivity contribution in [1.82, 2.24) is 0 Å². The van der Waals surface area contributed by atoms with Crippen molar-refractivity contribution < 1.29 is 19.0 Å². The van der Waals surface area contributed by atoms with Crippen molar-refractivity contribution in [2.45, 2.75) is 58.8 Å². The maximum Gasteiger partial charge on any atom is 0.207 e. The smallest absolute Gasteiger partial charge is 0.207 e. The van der Waals surface area contributed by atoms with E-state index in [0.29, 0.717) is 23.7 Å². The van der Waals surface area contributed by atoms with E-state index in [1.807, 2.05) is 25.2 Å². The Hall–Kier alpha value is -1.62. The lowest BCUT2D eigenvalue weighted by molar-refractivity contribution is -0.221. The predicted molar refractivity (Wildman–Crippen MR) is 111 cm³/mol. The molecule has 4 atom stereocenters. The number of hydrogen-bond donors (Lipinski definition) is 0. The van der Waals surface area contributed by atoms with Crippen LogP contribution in [0.15, 0.2) is 58.1 Å². The van der Waals surface area contributed by atoms with Gasteiger partial charge in [-0.05, 0) is 38.8 Å². The summed E-state index contributed by atoms with van der Waals surface area (Å²) in [7, 11) is 1.59. The SMILES string of the molecule is CC[C@H](C)/C=C(C)/C=C\C1=CC2=C(Cl)C(=O)[C@]3(C)O[C@](C)(OC)C[C@@H]3C2=CO1. The van der Waals surface area contributed by atoms with Gasteiger partial charge in [0.1, 0.15) is 11.4 Å². The van der Waals surface area contributed by atoms with Gasteiger partial charge in [-0.25, -0.2) is 0 Å². The summed E-state index contributed by atoms with van der Waals surface area (Å²) in [4.78, 5) is 13.0. The molecular weight excluding hydrogens is 376 g/mol. The van der Waals surface area contributed by atoms with Gasteiger partial charge in [0, 0.05) is 30.6 Å². The lowest BCUT2D eigenvalue weighted by atomic mass is 9.72. The molecule has 28 heavy (non-hydrogen) atoms. The van der Waals surface area contributed by atoms with Crippen LogP contribution in [0.5, 0.6) is 0 Å². The van der Waals surface area contributed by atoms with E-state index < -0.39 is 11.4 Å². The second-order valence-corrected chi connectivity index (χ2v) is 8.61. The van der Waals surface area contributed by atoms with E-state index in [1.165, 1.54) is 5.57 Å². The number of carbonyl (C=O) groups excluding carboxylic acids is 1. The van der Waals surface area contributed by atoms with E-state index in [9.17, 15) is 4.79 Å². The largest absolute Gasteiger partial charge is 0.465 e. The van der Waals surface area contributed by atoms with Crippen LogP contribution in [0.25, 0.3) is 0 Å². The molecule has 0 aromatic rings. The first-order valence-electron chi connectivity index (χ1n) is 9.78. The molecule has 1 aliphatic carbocycles. The van der Waals surface area contributed by atoms with Crippen molar-refractivity contribution in [3.63, 3.8) is 0 Å².